The van der Waals surface area contributed by atoms with Gasteiger partial charge in [0, 0.05) is 13.5 Å². The molecule has 0 heterocycles. The Morgan fingerprint density at radius 2 is 1.61 bits per heavy atom. The predicted molar refractivity (Wildman–Crippen MR) is 95.3 cm³/mol. The first-order valence-corrected chi connectivity index (χ1v) is 8.38. The van der Waals surface area contributed by atoms with Crippen LogP contribution >= 0.6 is 0 Å². The molecule has 0 aliphatic carbocycles. The minimum absolute atomic E-state index is 0.0260. The number of hydrogen-bond acceptors (Lipinski definition) is 4. The van der Waals surface area contributed by atoms with Crippen molar-refractivity contribution in [2.45, 2.75) is 24.7 Å². The van der Waals surface area contributed by atoms with Crippen LogP contribution in [0.25, 0.3) is 0 Å². The third kappa shape index (κ3) is 5.56. The highest BCUT2D eigenvalue weighted by Gasteiger charge is 2.31. The molecule has 0 aliphatic rings. The van der Waals surface area contributed by atoms with E-state index in [-0.39, 0.29) is 6.42 Å². The van der Waals surface area contributed by atoms with E-state index < -0.39 is 35.8 Å². The van der Waals surface area contributed by atoms with Gasteiger partial charge in [-0.3, -0.25) is 4.79 Å². The zero-order chi connectivity index (χ0) is 20.7. The fourth-order valence-corrected chi connectivity index (χ4v) is 2.67. The standard InChI is InChI=1S/C20H20F3NO4/c1-27-17(14-6-4-3-5-7-14)18(25)24-16(19(26)28-2)12-13-8-10-15(11-9-13)20(21,22)23/h3-11,16-17H,12H2,1-2H3,(H,24,25)/t16-,17+/m0/s1. The largest absolute Gasteiger partial charge is 0.467 e. The summed E-state index contributed by atoms with van der Waals surface area (Å²) >= 11 is 0. The summed E-state index contributed by atoms with van der Waals surface area (Å²) in [6.07, 6.45) is -5.42. The summed E-state index contributed by atoms with van der Waals surface area (Å²) in [6, 6.07) is 12.0. The van der Waals surface area contributed by atoms with E-state index in [4.69, 9.17) is 9.47 Å². The number of halogens is 3. The number of ether oxygens (including phenoxy) is 2. The minimum Gasteiger partial charge on any atom is -0.467 e. The molecule has 0 fully saturated rings. The average molecular weight is 395 g/mol. The Kier molecular flexibility index (Phi) is 7.17. The highest BCUT2D eigenvalue weighted by atomic mass is 19.4. The van der Waals surface area contributed by atoms with Crippen molar-refractivity contribution in [3.63, 3.8) is 0 Å². The number of nitrogens with one attached hydrogen (secondary N) is 1. The molecule has 2 aromatic rings. The van der Waals surface area contributed by atoms with Crippen molar-refractivity contribution in [1.82, 2.24) is 5.32 Å². The van der Waals surface area contributed by atoms with Gasteiger partial charge in [-0.05, 0) is 23.3 Å². The van der Waals surface area contributed by atoms with Gasteiger partial charge in [0.25, 0.3) is 5.91 Å². The molecule has 0 spiro atoms. The summed E-state index contributed by atoms with van der Waals surface area (Å²) < 4.78 is 48.0. The van der Waals surface area contributed by atoms with Gasteiger partial charge in [-0.15, -0.1) is 0 Å². The summed E-state index contributed by atoms with van der Waals surface area (Å²) in [5, 5.41) is 2.55. The second kappa shape index (κ2) is 9.36. The van der Waals surface area contributed by atoms with Crippen molar-refractivity contribution < 1.29 is 32.2 Å². The molecule has 8 heteroatoms. The molecule has 0 saturated carbocycles. The van der Waals surface area contributed by atoms with Crippen LogP contribution in [-0.4, -0.2) is 32.1 Å². The molecule has 2 atom stereocenters. The Morgan fingerprint density at radius 1 is 1.00 bits per heavy atom. The third-order valence-electron chi connectivity index (χ3n) is 4.10. The first kappa shape index (κ1) is 21.4. The number of hydrogen-bond donors (Lipinski definition) is 1. The van der Waals surface area contributed by atoms with Crippen molar-refractivity contribution in [3.05, 3.63) is 71.3 Å². The van der Waals surface area contributed by atoms with E-state index in [9.17, 15) is 22.8 Å². The number of benzene rings is 2. The molecule has 5 nitrogen and oxygen atoms in total. The molecule has 1 amide bonds. The lowest BCUT2D eigenvalue weighted by Gasteiger charge is -2.21. The lowest BCUT2D eigenvalue weighted by atomic mass is 10.0. The van der Waals surface area contributed by atoms with Gasteiger partial charge in [0.1, 0.15) is 6.04 Å². The van der Waals surface area contributed by atoms with Gasteiger partial charge in [-0.1, -0.05) is 42.5 Å². The van der Waals surface area contributed by atoms with Gasteiger partial charge in [0.15, 0.2) is 6.10 Å². The van der Waals surface area contributed by atoms with E-state index in [1.807, 2.05) is 0 Å². The monoisotopic (exact) mass is 395 g/mol. The van der Waals surface area contributed by atoms with Crippen LogP contribution in [-0.2, 0) is 31.7 Å². The minimum atomic E-state index is -4.45. The van der Waals surface area contributed by atoms with Crippen molar-refractivity contribution in [3.8, 4) is 0 Å². The van der Waals surface area contributed by atoms with Gasteiger partial charge in [-0.25, -0.2) is 4.79 Å². The quantitative estimate of drug-likeness (QED) is 0.731. The van der Waals surface area contributed by atoms with Gasteiger partial charge in [-0.2, -0.15) is 13.2 Å². The van der Waals surface area contributed by atoms with Gasteiger partial charge < -0.3 is 14.8 Å². The summed E-state index contributed by atoms with van der Waals surface area (Å²) in [5.74, 6) is -1.27. The van der Waals surface area contributed by atoms with Crippen LogP contribution in [0.15, 0.2) is 54.6 Å². The molecule has 0 unspecified atom stereocenters. The van der Waals surface area contributed by atoms with Gasteiger partial charge in [0.2, 0.25) is 0 Å². The van der Waals surface area contributed by atoms with E-state index in [0.717, 1.165) is 12.1 Å². The lowest BCUT2D eigenvalue weighted by Crippen LogP contribution is -2.45. The van der Waals surface area contributed by atoms with Crippen molar-refractivity contribution in [1.29, 1.82) is 0 Å². The van der Waals surface area contributed by atoms with E-state index in [0.29, 0.717) is 11.1 Å². The molecule has 0 aromatic heterocycles. The topological polar surface area (TPSA) is 64.6 Å². The van der Waals surface area contributed by atoms with Crippen LogP contribution in [0.3, 0.4) is 0 Å². The van der Waals surface area contributed by atoms with E-state index >= 15 is 0 Å². The number of alkyl halides is 3. The van der Waals surface area contributed by atoms with E-state index in [2.05, 4.69) is 5.32 Å². The first-order valence-electron chi connectivity index (χ1n) is 8.38. The van der Waals surface area contributed by atoms with Crippen LogP contribution < -0.4 is 5.32 Å². The van der Waals surface area contributed by atoms with Crippen molar-refractivity contribution in [2.24, 2.45) is 0 Å². The number of esters is 1. The third-order valence-corrected chi connectivity index (χ3v) is 4.10. The molecule has 0 radical (unpaired) electrons. The summed E-state index contributed by atoms with van der Waals surface area (Å²) in [7, 11) is 2.53. The SMILES string of the molecule is COC(=O)[C@H](Cc1ccc(C(F)(F)F)cc1)NC(=O)[C@H](OC)c1ccccc1. The molecule has 0 saturated heterocycles. The highest BCUT2D eigenvalue weighted by Crippen LogP contribution is 2.29. The maximum atomic E-state index is 12.7. The zero-order valence-corrected chi connectivity index (χ0v) is 15.3. The first-order chi connectivity index (χ1) is 13.3. The molecule has 2 aromatic carbocycles. The number of rotatable bonds is 7. The number of carbonyl (C=O) groups excluding carboxylic acids is 2. The smallest absolute Gasteiger partial charge is 0.416 e. The van der Waals surface area contributed by atoms with Crippen molar-refractivity contribution in [2.75, 3.05) is 14.2 Å². The maximum absolute atomic E-state index is 12.7. The number of methoxy groups -OCH3 is 2. The van der Waals surface area contributed by atoms with Gasteiger partial charge >= 0.3 is 12.1 Å². The second-order valence-corrected chi connectivity index (χ2v) is 6.01. The van der Waals surface area contributed by atoms with E-state index in [1.54, 1.807) is 30.3 Å². The zero-order valence-electron chi connectivity index (χ0n) is 15.3. The van der Waals surface area contributed by atoms with Gasteiger partial charge in [0.05, 0.1) is 12.7 Å². The lowest BCUT2D eigenvalue weighted by molar-refractivity contribution is -0.146. The fraction of sp³-hybridized carbons (Fsp3) is 0.300. The summed E-state index contributed by atoms with van der Waals surface area (Å²) in [4.78, 5) is 24.7. The Balaban J connectivity index is 2.15. The Labute approximate surface area is 160 Å². The molecule has 0 bridgehead atoms. The average Bonchev–Trinajstić information content (AvgIpc) is 2.68. The molecule has 2 rings (SSSR count). The molecule has 28 heavy (non-hydrogen) atoms. The Hall–Kier alpha value is -2.87. The fourth-order valence-electron chi connectivity index (χ4n) is 2.67. The molecule has 150 valence electrons. The van der Waals surface area contributed by atoms with Crippen LogP contribution in [0.1, 0.15) is 22.8 Å². The molecule has 1 N–H and O–H groups in total. The number of carbonyl (C=O) groups is 2. The summed E-state index contributed by atoms with van der Waals surface area (Å²) in [5.41, 5.74) is 0.247. The molecular formula is C20H20F3NO4. The number of amides is 1. The van der Waals surface area contributed by atoms with Crippen LogP contribution in [0.2, 0.25) is 0 Å². The highest BCUT2D eigenvalue weighted by molar-refractivity contribution is 5.87. The van der Waals surface area contributed by atoms with Crippen LogP contribution in [0.4, 0.5) is 13.2 Å². The van der Waals surface area contributed by atoms with Crippen LogP contribution in [0.5, 0.6) is 0 Å². The van der Waals surface area contributed by atoms with E-state index in [1.165, 1.54) is 26.4 Å². The Bertz CT molecular complexity index is 791. The normalized spacial score (nSPS) is 13.5. The molecular weight excluding hydrogens is 375 g/mol. The summed E-state index contributed by atoms with van der Waals surface area (Å²) in [6.45, 7) is 0. The van der Waals surface area contributed by atoms with Crippen LogP contribution in [0, 0.1) is 0 Å². The van der Waals surface area contributed by atoms with Crippen molar-refractivity contribution >= 4 is 11.9 Å². The predicted octanol–water partition coefficient (Wildman–Crippen LogP) is 3.29. The Morgan fingerprint density at radius 3 is 2.11 bits per heavy atom. The molecule has 0 aliphatic heterocycles. The second-order valence-electron chi connectivity index (χ2n) is 6.01. The maximum Gasteiger partial charge on any atom is 0.416 e.